The zero-order valence-corrected chi connectivity index (χ0v) is 14.7. The van der Waals surface area contributed by atoms with Crippen molar-refractivity contribution in [3.05, 3.63) is 52.1 Å². The lowest BCUT2D eigenvalue weighted by Gasteiger charge is -2.14. The molecule has 1 aliphatic heterocycles. The number of aromatic nitrogens is 4. The maximum absolute atomic E-state index is 12.4. The first-order valence-corrected chi connectivity index (χ1v) is 8.46. The number of H-pyrrole nitrogens is 1. The summed E-state index contributed by atoms with van der Waals surface area (Å²) < 4.78 is 10.2. The van der Waals surface area contributed by atoms with Crippen molar-refractivity contribution in [2.24, 2.45) is 0 Å². The molecule has 8 nitrogen and oxygen atoms in total. The molecule has 3 aromatic rings. The number of benzene rings is 1. The largest absolute Gasteiger partial charge is 0.377 e. The molecule has 4 rings (SSSR count). The van der Waals surface area contributed by atoms with Crippen molar-refractivity contribution in [3.63, 3.8) is 0 Å². The zero-order valence-electron chi connectivity index (χ0n) is 14.0. The van der Waals surface area contributed by atoms with Crippen LogP contribution in [0.25, 0.3) is 11.7 Å². The van der Waals surface area contributed by atoms with Gasteiger partial charge in [-0.1, -0.05) is 28.9 Å². The van der Waals surface area contributed by atoms with Gasteiger partial charge in [-0.25, -0.2) is 4.98 Å². The Labute approximate surface area is 153 Å². The number of halogens is 1. The van der Waals surface area contributed by atoms with Crippen LogP contribution in [0.2, 0.25) is 5.02 Å². The van der Waals surface area contributed by atoms with Gasteiger partial charge >= 0.3 is 0 Å². The Morgan fingerprint density at radius 3 is 2.88 bits per heavy atom. The third-order valence-electron chi connectivity index (χ3n) is 4.24. The fourth-order valence-corrected chi connectivity index (χ4v) is 3.10. The van der Waals surface area contributed by atoms with Gasteiger partial charge in [-0.3, -0.25) is 4.79 Å². The highest BCUT2D eigenvalue weighted by atomic mass is 35.5. The van der Waals surface area contributed by atoms with E-state index in [1.54, 1.807) is 7.11 Å². The Balaban J connectivity index is 1.64. The predicted octanol–water partition coefficient (Wildman–Crippen LogP) is 2.33. The van der Waals surface area contributed by atoms with Gasteiger partial charge in [0.15, 0.2) is 11.6 Å². The number of rotatable bonds is 4. The number of nitrogens with zero attached hydrogens (tertiary/aromatic N) is 3. The molecule has 0 fully saturated rings. The number of aromatic amines is 1. The second-order valence-electron chi connectivity index (χ2n) is 6.02. The van der Waals surface area contributed by atoms with Crippen molar-refractivity contribution >= 4 is 17.5 Å². The molecule has 0 saturated carbocycles. The standard InChI is InChI=1S/C17H16ClN5O3/c1-25-8-13-21-17(26-23-13)15-20-12-6-10(7-19-16(24)14(12)22-15)9-2-4-11(18)5-3-9/h2-5,10H,6-8H2,1H3,(H,19,24)(H,20,22). The van der Waals surface area contributed by atoms with Crippen LogP contribution in [-0.2, 0) is 17.8 Å². The van der Waals surface area contributed by atoms with E-state index in [9.17, 15) is 4.79 Å². The Morgan fingerprint density at radius 2 is 2.12 bits per heavy atom. The molecule has 0 spiro atoms. The maximum atomic E-state index is 12.4. The number of amides is 1. The molecule has 2 N–H and O–H groups in total. The van der Waals surface area contributed by atoms with E-state index >= 15 is 0 Å². The normalized spacial score (nSPS) is 16.8. The highest BCUT2D eigenvalue weighted by molar-refractivity contribution is 6.30. The highest BCUT2D eigenvalue weighted by Gasteiger charge is 2.27. The van der Waals surface area contributed by atoms with Crippen LogP contribution < -0.4 is 5.32 Å². The van der Waals surface area contributed by atoms with Crippen LogP contribution in [0.3, 0.4) is 0 Å². The molecule has 0 bridgehead atoms. The van der Waals surface area contributed by atoms with E-state index in [2.05, 4.69) is 25.4 Å². The minimum atomic E-state index is -0.226. The summed E-state index contributed by atoms with van der Waals surface area (Å²) in [6.45, 7) is 0.765. The summed E-state index contributed by atoms with van der Waals surface area (Å²) in [5.74, 6) is 0.892. The number of fused-ring (bicyclic) bond motifs is 1. The second-order valence-corrected chi connectivity index (χ2v) is 6.46. The first-order chi connectivity index (χ1) is 12.6. The fourth-order valence-electron chi connectivity index (χ4n) is 2.97. The van der Waals surface area contributed by atoms with E-state index in [0.29, 0.717) is 35.3 Å². The molecule has 134 valence electrons. The Kier molecular flexibility index (Phi) is 4.44. The zero-order chi connectivity index (χ0) is 18.1. The van der Waals surface area contributed by atoms with Gasteiger partial charge in [0.25, 0.3) is 11.8 Å². The van der Waals surface area contributed by atoms with Crippen molar-refractivity contribution in [2.45, 2.75) is 18.9 Å². The highest BCUT2D eigenvalue weighted by Crippen LogP contribution is 2.27. The lowest BCUT2D eigenvalue weighted by atomic mass is 9.94. The SMILES string of the molecule is COCc1noc(-c2nc3c([nH]2)CC(c2ccc(Cl)cc2)CNC3=O)n1. The molecule has 2 aromatic heterocycles. The molecular formula is C17H16ClN5O3. The summed E-state index contributed by atoms with van der Waals surface area (Å²) in [6, 6.07) is 7.63. The van der Waals surface area contributed by atoms with Crippen LogP contribution in [0.15, 0.2) is 28.8 Å². The minimum absolute atomic E-state index is 0.109. The molecule has 0 aliphatic carbocycles. The first kappa shape index (κ1) is 16.7. The molecular weight excluding hydrogens is 358 g/mol. The summed E-state index contributed by atoms with van der Waals surface area (Å²) in [5, 5.41) is 7.41. The third-order valence-corrected chi connectivity index (χ3v) is 4.49. The number of nitrogens with one attached hydrogen (secondary N) is 2. The maximum Gasteiger partial charge on any atom is 0.293 e. The molecule has 1 amide bonds. The van der Waals surface area contributed by atoms with Crippen LogP contribution in [0, 0.1) is 0 Å². The third kappa shape index (κ3) is 3.21. The molecule has 3 heterocycles. The van der Waals surface area contributed by atoms with Gasteiger partial charge in [-0.15, -0.1) is 0 Å². The summed E-state index contributed by atoms with van der Waals surface area (Å²) in [4.78, 5) is 24.1. The van der Waals surface area contributed by atoms with Crippen LogP contribution in [0.4, 0.5) is 0 Å². The van der Waals surface area contributed by atoms with E-state index in [-0.39, 0.29) is 24.3 Å². The van der Waals surface area contributed by atoms with Gasteiger partial charge in [0.05, 0.1) is 0 Å². The number of hydrogen-bond donors (Lipinski definition) is 2. The molecule has 9 heteroatoms. The Hall–Kier alpha value is -2.71. The minimum Gasteiger partial charge on any atom is -0.377 e. The number of carbonyl (C=O) groups is 1. The molecule has 1 aliphatic rings. The summed E-state index contributed by atoms with van der Waals surface area (Å²) in [6.07, 6.45) is 0.627. The summed E-state index contributed by atoms with van der Waals surface area (Å²) >= 11 is 5.96. The molecule has 26 heavy (non-hydrogen) atoms. The number of methoxy groups -OCH3 is 1. The quantitative estimate of drug-likeness (QED) is 0.727. The smallest absolute Gasteiger partial charge is 0.293 e. The fraction of sp³-hybridized carbons (Fsp3) is 0.294. The van der Waals surface area contributed by atoms with Gasteiger partial charge in [0.2, 0.25) is 0 Å². The number of carbonyl (C=O) groups excluding carboxylic acids is 1. The van der Waals surface area contributed by atoms with Crippen molar-refractivity contribution in [1.82, 2.24) is 25.4 Å². The molecule has 1 unspecified atom stereocenters. The lowest BCUT2D eigenvalue weighted by molar-refractivity contribution is 0.0950. The van der Waals surface area contributed by atoms with Gasteiger partial charge in [0, 0.05) is 30.3 Å². The van der Waals surface area contributed by atoms with Gasteiger partial charge in [-0.2, -0.15) is 4.98 Å². The van der Waals surface area contributed by atoms with Crippen molar-refractivity contribution in [3.8, 4) is 11.7 Å². The summed E-state index contributed by atoms with van der Waals surface area (Å²) in [7, 11) is 1.55. The van der Waals surface area contributed by atoms with Crippen LogP contribution >= 0.6 is 11.6 Å². The topological polar surface area (TPSA) is 106 Å². The van der Waals surface area contributed by atoms with Gasteiger partial charge < -0.3 is 19.6 Å². The van der Waals surface area contributed by atoms with E-state index < -0.39 is 0 Å². The number of imidazole rings is 1. The molecule has 1 atom stereocenters. The number of ether oxygens (including phenoxy) is 1. The Morgan fingerprint density at radius 1 is 1.31 bits per heavy atom. The van der Waals surface area contributed by atoms with Crippen molar-refractivity contribution in [1.29, 1.82) is 0 Å². The Bertz CT molecular complexity index is 934. The summed E-state index contributed by atoms with van der Waals surface area (Å²) in [5.41, 5.74) is 2.18. The lowest BCUT2D eigenvalue weighted by Crippen LogP contribution is -2.26. The van der Waals surface area contributed by atoms with Crippen LogP contribution in [-0.4, -0.2) is 39.7 Å². The molecule has 1 aromatic carbocycles. The second kappa shape index (κ2) is 6.89. The van der Waals surface area contributed by atoms with Crippen LogP contribution in [0.5, 0.6) is 0 Å². The first-order valence-electron chi connectivity index (χ1n) is 8.08. The van der Waals surface area contributed by atoms with E-state index in [1.807, 2.05) is 24.3 Å². The van der Waals surface area contributed by atoms with E-state index in [0.717, 1.165) is 11.3 Å². The van der Waals surface area contributed by atoms with Crippen molar-refractivity contribution < 1.29 is 14.1 Å². The molecule has 0 radical (unpaired) electrons. The van der Waals surface area contributed by atoms with Gasteiger partial charge in [0.1, 0.15) is 12.3 Å². The van der Waals surface area contributed by atoms with Crippen molar-refractivity contribution in [2.75, 3.05) is 13.7 Å². The predicted molar refractivity (Wildman–Crippen MR) is 92.8 cm³/mol. The number of hydrogen-bond acceptors (Lipinski definition) is 6. The average molecular weight is 374 g/mol. The van der Waals surface area contributed by atoms with E-state index in [1.165, 1.54) is 0 Å². The monoisotopic (exact) mass is 373 g/mol. The van der Waals surface area contributed by atoms with Gasteiger partial charge in [-0.05, 0) is 24.1 Å². The van der Waals surface area contributed by atoms with E-state index in [4.69, 9.17) is 20.9 Å². The molecule has 0 saturated heterocycles. The van der Waals surface area contributed by atoms with Crippen LogP contribution in [0.1, 0.15) is 33.5 Å². The average Bonchev–Trinajstić information content (AvgIpc) is 3.23.